The van der Waals surface area contributed by atoms with Crippen molar-refractivity contribution in [2.75, 3.05) is 5.73 Å². The second-order valence-electron chi connectivity index (χ2n) is 1.90. The summed E-state index contributed by atoms with van der Waals surface area (Å²) in [7, 11) is 0. The summed E-state index contributed by atoms with van der Waals surface area (Å²) in [6.45, 7) is 0. The van der Waals surface area contributed by atoms with Gasteiger partial charge in [-0.3, -0.25) is 4.79 Å². The van der Waals surface area contributed by atoms with Crippen molar-refractivity contribution in [3.05, 3.63) is 29.8 Å². The number of carbonyl (C=O) groups is 1. The van der Waals surface area contributed by atoms with E-state index < -0.39 is 0 Å². The zero-order chi connectivity index (χ0) is 7.56. The number of carbonyl (C=O) groups excluding carboxylic acids is 1. The molecule has 0 saturated carbocycles. The van der Waals surface area contributed by atoms with Gasteiger partial charge in [0.1, 0.15) is 0 Å². The number of halogens is 2. The lowest BCUT2D eigenvalue weighted by molar-refractivity contribution is 0.109. The monoisotopic (exact) mass is 279 g/mol. The van der Waals surface area contributed by atoms with Gasteiger partial charge in [-0.05, 0) is 40.2 Å². The number of hydrogen-bond acceptors (Lipinski definition) is 2. The van der Waals surface area contributed by atoms with Gasteiger partial charge in [-0.2, -0.15) is 0 Å². The Balaban J connectivity index is 0.000001000. The summed E-state index contributed by atoms with van der Waals surface area (Å²) in [6.07, 6.45) is 0. The molecule has 2 N–H and O–H groups in total. The number of anilines is 1. The highest BCUT2D eigenvalue weighted by atomic mass is 79.9. The largest absolute Gasteiger partial charge is 0.399 e. The molecule has 0 atom stereocenters. The lowest BCUT2D eigenvalue weighted by atomic mass is 10.2. The molecule has 0 aliphatic heterocycles. The molecule has 0 spiro atoms. The van der Waals surface area contributed by atoms with E-state index in [0.717, 1.165) is 0 Å². The second kappa shape index (κ2) is 4.51. The van der Waals surface area contributed by atoms with Gasteiger partial charge in [-0.25, -0.2) is 0 Å². The Kier molecular flexibility index (Phi) is 4.37. The van der Waals surface area contributed by atoms with E-state index in [2.05, 4.69) is 15.9 Å². The van der Waals surface area contributed by atoms with Crippen LogP contribution in [-0.4, -0.2) is 4.69 Å². The highest BCUT2D eigenvalue weighted by Gasteiger charge is 1.97. The van der Waals surface area contributed by atoms with Crippen molar-refractivity contribution < 1.29 is 4.79 Å². The molecular formula is C7H7Br2NO. The summed E-state index contributed by atoms with van der Waals surface area (Å²) >= 11 is 2.83. The summed E-state index contributed by atoms with van der Waals surface area (Å²) in [5.41, 5.74) is 6.68. The molecule has 0 aromatic heterocycles. The summed E-state index contributed by atoms with van der Waals surface area (Å²) in [6, 6.07) is 6.72. The van der Waals surface area contributed by atoms with Crippen molar-refractivity contribution in [2.24, 2.45) is 0 Å². The molecule has 1 aromatic carbocycles. The van der Waals surface area contributed by atoms with E-state index in [1.165, 1.54) is 0 Å². The minimum Gasteiger partial charge on any atom is -0.399 e. The molecule has 0 radical (unpaired) electrons. The Hall–Kier alpha value is -0.350. The van der Waals surface area contributed by atoms with Crippen molar-refractivity contribution in [3.8, 4) is 0 Å². The lowest BCUT2D eigenvalue weighted by Crippen LogP contribution is -1.88. The Labute approximate surface area is 83.7 Å². The Bertz CT molecular complexity index is 245. The minimum absolute atomic E-state index is 0. The molecule has 0 fully saturated rings. The summed E-state index contributed by atoms with van der Waals surface area (Å²) in [4.78, 5) is 10.6. The van der Waals surface area contributed by atoms with Crippen LogP contribution in [0.25, 0.3) is 0 Å². The maximum atomic E-state index is 10.6. The molecule has 0 saturated heterocycles. The van der Waals surface area contributed by atoms with Crippen LogP contribution in [0, 0.1) is 0 Å². The number of benzene rings is 1. The Morgan fingerprint density at radius 2 is 1.73 bits per heavy atom. The van der Waals surface area contributed by atoms with Crippen LogP contribution in [-0.2, 0) is 0 Å². The summed E-state index contributed by atoms with van der Waals surface area (Å²) in [5, 5.41) is 0. The molecule has 2 nitrogen and oxygen atoms in total. The average Bonchev–Trinajstić information content (AvgIpc) is 1.88. The fourth-order valence-electron chi connectivity index (χ4n) is 0.614. The fourth-order valence-corrected chi connectivity index (χ4v) is 0.878. The SMILES string of the molecule is Br.Nc1ccc(C(=O)Br)cc1. The van der Waals surface area contributed by atoms with E-state index in [4.69, 9.17) is 5.73 Å². The first-order valence-corrected chi connectivity index (χ1v) is 3.55. The van der Waals surface area contributed by atoms with E-state index in [1.807, 2.05) is 0 Å². The highest BCUT2D eigenvalue weighted by molar-refractivity contribution is 9.18. The molecule has 0 aliphatic carbocycles. The van der Waals surface area contributed by atoms with E-state index in [-0.39, 0.29) is 21.7 Å². The molecule has 11 heavy (non-hydrogen) atoms. The van der Waals surface area contributed by atoms with Gasteiger partial charge < -0.3 is 5.73 Å². The van der Waals surface area contributed by atoms with E-state index in [1.54, 1.807) is 24.3 Å². The van der Waals surface area contributed by atoms with E-state index in [0.29, 0.717) is 11.3 Å². The molecular weight excluding hydrogens is 274 g/mol. The maximum absolute atomic E-state index is 10.6. The summed E-state index contributed by atoms with van der Waals surface area (Å²) in [5.74, 6) is 0. The van der Waals surface area contributed by atoms with Crippen LogP contribution in [0.2, 0.25) is 0 Å². The summed E-state index contributed by atoms with van der Waals surface area (Å²) < 4.78 is -0.118. The molecule has 0 bridgehead atoms. The van der Waals surface area contributed by atoms with Gasteiger partial charge in [0.05, 0.1) is 0 Å². The van der Waals surface area contributed by atoms with Gasteiger partial charge in [-0.15, -0.1) is 17.0 Å². The van der Waals surface area contributed by atoms with Gasteiger partial charge in [0.25, 0.3) is 0 Å². The maximum Gasteiger partial charge on any atom is 0.228 e. The van der Waals surface area contributed by atoms with Crippen LogP contribution in [0.15, 0.2) is 24.3 Å². The van der Waals surface area contributed by atoms with Gasteiger partial charge >= 0.3 is 0 Å². The van der Waals surface area contributed by atoms with Crippen LogP contribution in [0.4, 0.5) is 5.69 Å². The van der Waals surface area contributed by atoms with Crippen molar-refractivity contribution in [1.82, 2.24) is 0 Å². The zero-order valence-corrected chi connectivity index (χ0v) is 8.88. The second-order valence-corrected chi connectivity index (χ2v) is 2.62. The number of nitrogens with two attached hydrogens (primary N) is 1. The molecule has 1 rings (SSSR count). The van der Waals surface area contributed by atoms with Crippen LogP contribution in [0.5, 0.6) is 0 Å². The molecule has 0 aliphatic rings. The highest BCUT2D eigenvalue weighted by Crippen LogP contribution is 2.08. The molecule has 4 heteroatoms. The molecule has 60 valence electrons. The number of hydrogen-bond donors (Lipinski definition) is 1. The van der Waals surface area contributed by atoms with Crippen molar-refractivity contribution in [2.45, 2.75) is 0 Å². The van der Waals surface area contributed by atoms with Gasteiger partial charge in [0, 0.05) is 11.3 Å². The van der Waals surface area contributed by atoms with Gasteiger partial charge in [-0.1, -0.05) is 0 Å². The normalized spacial score (nSPS) is 8.45. The first kappa shape index (κ1) is 10.7. The zero-order valence-electron chi connectivity index (χ0n) is 5.58. The van der Waals surface area contributed by atoms with Crippen molar-refractivity contribution in [1.29, 1.82) is 0 Å². The van der Waals surface area contributed by atoms with Gasteiger partial charge in [0.15, 0.2) is 0 Å². The molecule has 1 aromatic rings. The van der Waals surface area contributed by atoms with E-state index in [9.17, 15) is 4.79 Å². The number of nitrogen functional groups attached to an aromatic ring is 1. The predicted octanol–water partition coefficient (Wildman–Crippen LogP) is 2.38. The minimum atomic E-state index is -0.118. The molecule has 0 heterocycles. The molecule has 0 amide bonds. The van der Waals surface area contributed by atoms with Crippen molar-refractivity contribution >= 4 is 43.3 Å². The quantitative estimate of drug-likeness (QED) is 0.634. The first-order valence-electron chi connectivity index (χ1n) is 2.75. The average molecular weight is 281 g/mol. The van der Waals surface area contributed by atoms with Crippen LogP contribution >= 0.6 is 32.9 Å². The van der Waals surface area contributed by atoms with Crippen LogP contribution < -0.4 is 5.73 Å². The van der Waals surface area contributed by atoms with Gasteiger partial charge in [0.2, 0.25) is 4.69 Å². The molecule has 0 unspecified atom stereocenters. The standard InChI is InChI=1S/C7H6BrNO.BrH/c8-7(10)5-1-3-6(9)4-2-5;/h1-4H,9H2;1H. The van der Waals surface area contributed by atoms with Crippen molar-refractivity contribution in [3.63, 3.8) is 0 Å². The van der Waals surface area contributed by atoms with Crippen LogP contribution in [0.1, 0.15) is 10.4 Å². The third-order valence-electron chi connectivity index (χ3n) is 1.14. The topological polar surface area (TPSA) is 43.1 Å². The Morgan fingerprint density at radius 3 is 2.09 bits per heavy atom. The van der Waals surface area contributed by atoms with Crippen LogP contribution in [0.3, 0.4) is 0 Å². The lowest BCUT2D eigenvalue weighted by Gasteiger charge is -1.93. The third-order valence-corrected chi connectivity index (χ3v) is 1.60. The van der Waals surface area contributed by atoms with E-state index >= 15 is 0 Å². The number of rotatable bonds is 1. The smallest absolute Gasteiger partial charge is 0.228 e. The predicted molar refractivity (Wildman–Crippen MR) is 54.4 cm³/mol. The third kappa shape index (κ3) is 3.03. The Morgan fingerprint density at radius 1 is 1.27 bits per heavy atom. The first-order chi connectivity index (χ1) is 4.70. The fraction of sp³-hybridized carbons (Fsp3) is 0.